The summed E-state index contributed by atoms with van der Waals surface area (Å²) in [5.41, 5.74) is 1.34. The first-order valence-electron chi connectivity index (χ1n) is 6.41. The zero-order chi connectivity index (χ0) is 12.7. The van der Waals surface area contributed by atoms with Crippen LogP contribution in [0.15, 0.2) is 67.0 Å². The van der Waals surface area contributed by atoms with Crippen LogP contribution in [0.3, 0.4) is 0 Å². The number of nitrogens with zero attached hydrogens (tertiary/aromatic N) is 1. The van der Waals surface area contributed by atoms with Gasteiger partial charge >= 0.3 is 0 Å². The first-order valence-corrected chi connectivity index (χ1v) is 7.23. The quantitative estimate of drug-likeness (QED) is 0.484. The van der Waals surface area contributed by atoms with E-state index in [9.17, 15) is 0 Å². The van der Waals surface area contributed by atoms with Gasteiger partial charge in [0.1, 0.15) is 0 Å². The van der Waals surface area contributed by atoms with Crippen molar-refractivity contribution in [2.24, 2.45) is 0 Å². The molecular formula is C17H13NS. The molecule has 2 aromatic carbocycles. The molecule has 4 rings (SSSR count). The van der Waals surface area contributed by atoms with Gasteiger partial charge in [-0.05, 0) is 11.6 Å². The first kappa shape index (κ1) is 10.8. The fourth-order valence-electron chi connectivity index (χ4n) is 2.55. The largest absolute Gasteiger partial charge is 0.348 e. The maximum atomic E-state index is 2.28. The van der Waals surface area contributed by atoms with Crippen molar-refractivity contribution in [2.45, 2.75) is 6.54 Å². The average molecular weight is 263 g/mol. The molecule has 0 N–H and O–H groups in total. The fourth-order valence-corrected chi connectivity index (χ4v) is 3.68. The predicted octanol–water partition coefficient (Wildman–Crippen LogP) is 4.90. The summed E-state index contributed by atoms with van der Waals surface area (Å²) in [7, 11) is 0. The van der Waals surface area contributed by atoms with E-state index in [1.54, 1.807) is 0 Å². The lowest BCUT2D eigenvalue weighted by atomic mass is 10.2. The van der Waals surface area contributed by atoms with Crippen molar-refractivity contribution in [3.05, 3.63) is 72.6 Å². The van der Waals surface area contributed by atoms with Crippen LogP contribution in [0, 0.1) is 0 Å². The highest BCUT2D eigenvalue weighted by atomic mass is 32.1. The molecule has 0 amide bonds. The van der Waals surface area contributed by atoms with Crippen molar-refractivity contribution >= 4 is 31.5 Å². The topological polar surface area (TPSA) is 4.93 Å². The number of rotatable bonds is 2. The molecule has 0 saturated heterocycles. The molecule has 0 radical (unpaired) electrons. The van der Waals surface area contributed by atoms with E-state index in [4.69, 9.17) is 0 Å². The van der Waals surface area contributed by atoms with Crippen LogP contribution in [0.5, 0.6) is 0 Å². The van der Waals surface area contributed by atoms with Crippen molar-refractivity contribution in [3.8, 4) is 0 Å². The van der Waals surface area contributed by atoms with Gasteiger partial charge in [0.25, 0.3) is 0 Å². The van der Waals surface area contributed by atoms with Gasteiger partial charge < -0.3 is 4.57 Å². The molecule has 2 aromatic heterocycles. The Morgan fingerprint density at radius 3 is 2.42 bits per heavy atom. The summed E-state index contributed by atoms with van der Waals surface area (Å²) in [6.07, 6.45) is 4.52. The van der Waals surface area contributed by atoms with Gasteiger partial charge in [-0.3, -0.25) is 0 Å². The Balaban J connectivity index is 1.80. The number of aromatic nitrogens is 1. The van der Waals surface area contributed by atoms with E-state index < -0.39 is 0 Å². The Hall–Kier alpha value is -2.06. The molecule has 0 aliphatic rings. The summed E-state index contributed by atoms with van der Waals surface area (Å²) in [4.78, 5) is 0. The second-order valence-electron chi connectivity index (χ2n) is 4.79. The molecule has 2 heteroatoms. The van der Waals surface area contributed by atoms with Crippen LogP contribution in [-0.4, -0.2) is 4.57 Å². The molecular weight excluding hydrogens is 250 g/mol. The molecule has 0 spiro atoms. The summed E-state index contributed by atoms with van der Waals surface area (Å²) < 4.78 is 5.03. The normalized spacial score (nSPS) is 11.4. The van der Waals surface area contributed by atoms with Gasteiger partial charge in [0, 0.05) is 34.4 Å². The summed E-state index contributed by atoms with van der Waals surface area (Å²) in [5, 5.41) is 2.74. The van der Waals surface area contributed by atoms with Gasteiger partial charge in [-0.1, -0.05) is 48.5 Å². The second kappa shape index (κ2) is 4.25. The van der Waals surface area contributed by atoms with Crippen LogP contribution < -0.4 is 0 Å². The zero-order valence-electron chi connectivity index (χ0n) is 10.4. The number of hydrogen-bond acceptors (Lipinski definition) is 1. The molecule has 2 heterocycles. The van der Waals surface area contributed by atoms with Crippen LogP contribution in [0.4, 0.5) is 0 Å². The SMILES string of the molecule is c1ccc(Cn2cc3sc4ccccc4c3c2)cc1. The maximum Gasteiger partial charge on any atom is 0.0532 e. The van der Waals surface area contributed by atoms with Crippen molar-refractivity contribution in [2.75, 3.05) is 0 Å². The molecule has 4 aromatic rings. The highest BCUT2D eigenvalue weighted by Crippen LogP contribution is 2.34. The zero-order valence-corrected chi connectivity index (χ0v) is 11.2. The highest BCUT2D eigenvalue weighted by Gasteiger charge is 2.07. The molecule has 92 valence electrons. The Labute approximate surface area is 115 Å². The Bertz CT molecular complexity index is 839. The summed E-state index contributed by atoms with van der Waals surface area (Å²) in [5.74, 6) is 0. The standard InChI is InChI=1S/C17H13NS/c1-2-6-13(7-3-1)10-18-11-15-14-8-4-5-9-16(14)19-17(15)12-18/h1-9,11-12H,10H2. The van der Waals surface area contributed by atoms with Crippen LogP contribution >= 0.6 is 11.3 Å². The number of fused-ring (bicyclic) bond motifs is 3. The molecule has 19 heavy (non-hydrogen) atoms. The fraction of sp³-hybridized carbons (Fsp3) is 0.0588. The average Bonchev–Trinajstić information content (AvgIpc) is 2.97. The third kappa shape index (κ3) is 1.85. The van der Waals surface area contributed by atoms with E-state index in [0.29, 0.717) is 0 Å². The Kier molecular flexibility index (Phi) is 2.42. The van der Waals surface area contributed by atoms with E-state index >= 15 is 0 Å². The lowest BCUT2D eigenvalue weighted by Gasteiger charge is -2.02. The molecule has 0 unspecified atom stereocenters. The lowest BCUT2D eigenvalue weighted by molar-refractivity contribution is 0.810. The number of benzene rings is 2. The van der Waals surface area contributed by atoms with Crippen LogP contribution in [0.1, 0.15) is 5.56 Å². The first-order chi connectivity index (χ1) is 9.40. The van der Waals surface area contributed by atoms with Crippen molar-refractivity contribution in [3.63, 3.8) is 0 Å². The summed E-state index contributed by atoms with van der Waals surface area (Å²) in [6.45, 7) is 0.941. The predicted molar refractivity (Wildman–Crippen MR) is 82.9 cm³/mol. The minimum Gasteiger partial charge on any atom is -0.348 e. The second-order valence-corrected chi connectivity index (χ2v) is 5.88. The van der Waals surface area contributed by atoms with E-state index in [1.165, 1.54) is 25.7 Å². The molecule has 0 aliphatic carbocycles. The van der Waals surface area contributed by atoms with E-state index in [0.717, 1.165) is 6.54 Å². The van der Waals surface area contributed by atoms with Crippen LogP contribution in [-0.2, 0) is 6.54 Å². The van der Waals surface area contributed by atoms with E-state index in [1.807, 2.05) is 11.3 Å². The van der Waals surface area contributed by atoms with Gasteiger partial charge in [0.15, 0.2) is 0 Å². The molecule has 1 nitrogen and oxygen atoms in total. The maximum absolute atomic E-state index is 2.28. The van der Waals surface area contributed by atoms with Crippen molar-refractivity contribution in [1.29, 1.82) is 0 Å². The third-order valence-electron chi connectivity index (χ3n) is 3.45. The molecule has 0 fully saturated rings. The lowest BCUT2D eigenvalue weighted by Crippen LogP contribution is -1.95. The van der Waals surface area contributed by atoms with E-state index in [-0.39, 0.29) is 0 Å². The van der Waals surface area contributed by atoms with Gasteiger partial charge in [-0.2, -0.15) is 0 Å². The van der Waals surface area contributed by atoms with Crippen LogP contribution in [0.2, 0.25) is 0 Å². The van der Waals surface area contributed by atoms with Crippen LogP contribution in [0.25, 0.3) is 20.2 Å². The minimum atomic E-state index is 0.941. The van der Waals surface area contributed by atoms with Gasteiger partial charge in [0.05, 0.1) is 4.70 Å². The van der Waals surface area contributed by atoms with Crippen molar-refractivity contribution in [1.82, 2.24) is 4.57 Å². The summed E-state index contributed by atoms with van der Waals surface area (Å²) >= 11 is 1.87. The third-order valence-corrected chi connectivity index (χ3v) is 4.57. The number of thiophene rings is 1. The monoisotopic (exact) mass is 263 g/mol. The molecule has 0 aliphatic heterocycles. The molecule has 0 saturated carbocycles. The smallest absolute Gasteiger partial charge is 0.0532 e. The minimum absolute atomic E-state index is 0.941. The van der Waals surface area contributed by atoms with Gasteiger partial charge in [-0.25, -0.2) is 0 Å². The van der Waals surface area contributed by atoms with E-state index in [2.05, 4.69) is 71.6 Å². The van der Waals surface area contributed by atoms with Crippen molar-refractivity contribution < 1.29 is 0 Å². The molecule has 0 atom stereocenters. The number of hydrogen-bond donors (Lipinski definition) is 0. The Morgan fingerprint density at radius 2 is 1.53 bits per heavy atom. The Morgan fingerprint density at radius 1 is 0.737 bits per heavy atom. The van der Waals surface area contributed by atoms with Gasteiger partial charge in [0.2, 0.25) is 0 Å². The van der Waals surface area contributed by atoms with Gasteiger partial charge in [-0.15, -0.1) is 11.3 Å². The highest BCUT2D eigenvalue weighted by molar-refractivity contribution is 7.25. The molecule has 0 bridgehead atoms. The summed E-state index contributed by atoms with van der Waals surface area (Å²) in [6, 6.07) is 19.2.